The van der Waals surface area contributed by atoms with Crippen LogP contribution in [0, 0.1) is 5.92 Å². The van der Waals surface area contributed by atoms with E-state index in [0.29, 0.717) is 41.7 Å². The van der Waals surface area contributed by atoms with Gasteiger partial charge in [0, 0.05) is 24.7 Å². The van der Waals surface area contributed by atoms with Gasteiger partial charge in [-0.1, -0.05) is 35.9 Å². The first-order chi connectivity index (χ1) is 18.4. The molecule has 224 valence electrons. The summed E-state index contributed by atoms with van der Waals surface area (Å²) in [5, 5.41) is 11.6. The fourth-order valence-corrected chi connectivity index (χ4v) is 5.90. The smallest absolute Gasteiger partial charge is 0.410 e. The number of rotatable bonds is 8. The summed E-state index contributed by atoms with van der Waals surface area (Å²) in [6.07, 6.45) is 2.23. The van der Waals surface area contributed by atoms with Crippen LogP contribution < -0.4 is 9.46 Å². The van der Waals surface area contributed by atoms with Crippen LogP contribution in [0.1, 0.15) is 66.0 Å². The van der Waals surface area contributed by atoms with Gasteiger partial charge < -0.3 is 24.4 Å². The molecule has 2 saturated heterocycles. The van der Waals surface area contributed by atoms with E-state index in [9.17, 15) is 18.9 Å². The number of nitrogens with one attached hydrogen (secondary N) is 1. The molecule has 12 heteroatoms. The molecule has 9 nitrogen and oxygen atoms in total. The van der Waals surface area contributed by atoms with E-state index in [-0.39, 0.29) is 25.6 Å². The third-order valence-corrected chi connectivity index (χ3v) is 9.09. The number of hydrogen-bond acceptors (Lipinski definition) is 6. The van der Waals surface area contributed by atoms with E-state index in [2.05, 4.69) is 11.3 Å². The molecule has 2 heterocycles. The molecule has 3 rings (SSSR count). The molecule has 2 aliphatic heterocycles. The molecule has 0 radical (unpaired) electrons. The maximum atomic E-state index is 13.2. The lowest BCUT2D eigenvalue weighted by molar-refractivity contribution is -0.170. The summed E-state index contributed by atoms with van der Waals surface area (Å²) in [5.41, 5.74) is -1.57. The molecule has 2 fully saturated rings. The highest BCUT2D eigenvalue weighted by molar-refractivity contribution is 7.84. The number of carbonyl (C=O) groups excluding carboxylic acids is 2. The molecule has 1 aromatic carbocycles. The molecule has 0 bridgehead atoms. The van der Waals surface area contributed by atoms with Gasteiger partial charge >= 0.3 is 6.09 Å². The first-order valence-corrected chi connectivity index (χ1v) is 15.3. The predicted octanol–water partition coefficient (Wildman–Crippen LogP) is 4.87. The van der Waals surface area contributed by atoms with Crippen LogP contribution in [-0.4, -0.2) is 79.9 Å². The maximum Gasteiger partial charge on any atom is 0.410 e. The minimum absolute atomic E-state index is 0.0204. The van der Waals surface area contributed by atoms with Crippen molar-refractivity contribution in [2.75, 3.05) is 32.8 Å². The quantitative estimate of drug-likeness (QED) is 0.403. The van der Waals surface area contributed by atoms with Gasteiger partial charge in [0.15, 0.2) is 5.60 Å². The molecule has 0 aliphatic carbocycles. The zero-order chi connectivity index (χ0) is 30.0. The Balaban J connectivity index is 1.75. The molecule has 2 aliphatic rings. The molecule has 2 N–H and O–H groups in total. The molecule has 40 heavy (non-hydrogen) atoms. The molecular formula is C28H41Cl2N3O6S. The molecule has 2 amide bonds. The van der Waals surface area contributed by atoms with Gasteiger partial charge in [0.05, 0.1) is 44.9 Å². The number of aliphatic hydroxyl groups is 1. The highest BCUT2D eigenvalue weighted by Crippen LogP contribution is 2.41. The number of hydrogen-bond donors (Lipinski definition) is 2. The molecule has 0 saturated carbocycles. The number of amides is 2. The average Bonchev–Trinajstić information content (AvgIpc) is 2.83. The summed E-state index contributed by atoms with van der Waals surface area (Å²) < 4.78 is 27.2. The number of nitrogens with zero attached hydrogens (tertiary/aromatic N) is 2. The van der Waals surface area contributed by atoms with E-state index in [0.717, 1.165) is 5.56 Å². The van der Waals surface area contributed by atoms with Crippen LogP contribution in [0.15, 0.2) is 24.8 Å². The second-order valence-corrected chi connectivity index (χ2v) is 15.2. The second-order valence-electron chi connectivity index (χ2n) is 12.4. The zero-order valence-corrected chi connectivity index (χ0v) is 26.4. The lowest BCUT2D eigenvalue weighted by Crippen LogP contribution is -2.71. The van der Waals surface area contributed by atoms with E-state index in [1.54, 1.807) is 43.9 Å². The summed E-state index contributed by atoms with van der Waals surface area (Å²) in [5.74, 6) is 0.0910. The summed E-state index contributed by atoms with van der Waals surface area (Å²) in [4.78, 5) is 28.5. The summed E-state index contributed by atoms with van der Waals surface area (Å²) >= 11 is 12.7. The maximum absolute atomic E-state index is 13.2. The van der Waals surface area contributed by atoms with Crippen LogP contribution in [0.3, 0.4) is 0 Å². The van der Waals surface area contributed by atoms with Crippen LogP contribution in [0.4, 0.5) is 4.79 Å². The Morgan fingerprint density at radius 3 is 2.25 bits per heavy atom. The zero-order valence-electron chi connectivity index (χ0n) is 24.1. The first-order valence-electron chi connectivity index (χ1n) is 13.4. The van der Waals surface area contributed by atoms with Crippen molar-refractivity contribution < 1.29 is 28.4 Å². The van der Waals surface area contributed by atoms with Crippen molar-refractivity contribution in [2.45, 2.75) is 76.4 Å². The van der Waals surface area contributed by atoms with E-state index in [1.165, 1.54) is 4.90 Å². The van der Waals surface area contributed by atoms with Gasteiger partial charge in [-0.3, -0.25) is 4.79 Å². The lowest BCUT2D eigenvalue weighted by Gasteiger charge is -2.48. The van der Waals surface area contributed by atoms with Crippen LogP contribution in [-0.2, 0) is 20.5 Å². The Morgan fingerprint density at radius 2 is 1.73 bits per heavy atom. The van der Waals surface area contributed by atoms with Crippen LogP contribution >= 0.6 is 23.2 Å². The van der Waals surface area contributed by atoms with Crippen molar-refractivity contribution in [3.8, 4) is 5.75 Å². The highest BCUT2D eigenvalue weighted by atomic mass is 35.5. The van der Waals surface area contributed by atoms with Crippen molar-refractivity contribution >= 4 is 46.2 Å². The molecule has 0 unspecified atom stereocenters. The average molecular weight is 619 g/mol. The van der Waals surface area contributed by atoms with Crippen molar-refractivity contribution in [1.82, 2.24) is 14.5 Å². The Kier molecular flexibility index (Phi) is 10.3. The summed E-state index contributed by atoms with van der Waals surface area (Å²) in [7, 11) is -1.41. The number of likely N-dealkylation sites (tertiary alicyclic amines) is 2. The van der Waals surface area contributed by atoms with E-state index in [4.69, 9.17) is 32.7 Å². The van der Waals surface area contributed by atoms with E-state index < -0.39 is 45.0 Å². The van der Waals surface area contributed by atoms with Gasteiger partial charge in [-0.05, 0) is 66.4 Å². The van der Waals surface area contributed by atoms with Gasteiger partial charge in [0.1, 0.15) is 18.0 Å². The number of benzene rings is 1. The minimum atomic E-state index is -1.63. The predicted molar refractivity (Wildman–Crippen MR) is 158 cm³/mol. The number of β-amino-alcohol motifs (C(OH)–C–C–N with tert-alkyl or cyclic N) is 1. The molecule has 0 aromatic heterocycles. The third kappa shape index (κ3) is 7.91. The van der Waals surface area contributed by atoms with Gasteiger partial charge in [0.2, 0.25) is 0 Å². The Bertz CT molecular complexity index is 1140. The van der Waals surface area contributed by atoms with Crippen molar-refractivity contribution in [1.29, 1.82) is 0 Å². The lowest BCUT2D eigenvalue weighted by atomic mass is 9.84. The van der Waals surface area contributed by atoms with Gasteiger partial charge in [-0.2, -0.15) is 0 Å². The molecule has 2 atom stereocenters. The highest BCUT2D eigenvalue weighted by Gasteiger charge is 2.53. The monoisotopic (exact) mass is 617 g/mol. The molecular weight excluding hydrogens is 577 g/mol. The fourth-order valence-electron chi connectivity index (χ4n) is 4.67. The van der Waals surface area contributed by atoms with Crippen LogP contribution in [0.5, 0.6) is 5.75 Å². The summed E-state index contributed by atoms with van der Waals surface area (Å²) in [6.45, 7) is 15.5. The Labute approximate surface area is 249 Å². The van der Waals surface area contributed by atoms with Crippen molar-refractivity contribution in [3.63, 3.8) is 0 Å². The van der Waals surface area contributed by atoms with E-state index >= 15 is 0 Å². The first kappa shape index (κ1) is 32.7. The van der Waals surface area contributed by atoms with Crippen molar-refractivity contribution in [2.24, 2.45) is 5.92 Å². The number of carbonyl (C=O) groups is 2. The summed E-state index contributed by atoms with van der Waals surface area (Å²) in [6, 6.07) is 2.99. The van der Waals surface area contributed by atoms with Gasteiger partial charge in [-0.25, -0.2) is 13.7 Å². The SMILES string of the molecule is C=CCOc1cc(Cl)c(Cl)cc1[C@H](N[S@@](=O)C(C)(C)C)C1CCN(C(=O)C2(O)CN(C(=O)OC(C)(C)C)C2)CC1. The standard InChI is InChI=1S/C28H41Cl2N3O6S/c1-8-13-38-22-15-21(30)20(29)14-19(22)23(31-40(37)27(5,6)7)18-9-11-32(12-10-18)24(34)28(36)16-33(17-28)25(35)39-26(2,3)4/h8,14-15,18,23,31,36H,1,9-13,16-17H2,2-7H3/t23-,40+/m1/s1. The van der Waals surface area contributed by atoms with Crippen LogP contribution in [0.25, 0.3) is 0 Å². The molecule has 1 aromatic rings. The largest absolute Gasteiger partial charge is 0.489 e. The molecule has 0 spiro atoms. The Hall–Kier alpha value is -1.85. The number of ether oxygens (including phenoxy) is 2. The number of halogens is 2. The third-order valence-electron chi connectivity index (χ3n) is 6.79. The van der Waals surface area contributed by atoms with Gasteiger partial charge in [-0.15, -0.1) is 0 Å². The van der Waals surface area contributed by atoms with E-state index in [1.807, 2.05) is 20.8 Å². The second kappa shape index (κ2) is 12.6. The Morgan fingerprint density at radius 1 is 1.15 bits per heavy atom. The fraction of sp³-hybridized carbons (Fsp3) is 0.643. The van der Waals surface area contributed by atoms with Gasteiger partial charge in [0.25, 0.3) is 5.91 Å². The van der Waals surface area contributed by atoms with Crippen molar-refractivity contribution in [3.05, 3.63) is 40.4 Å². The normalized spacial score (nSPS) is 19.4. The minimum Gasteiger partial charge on any atom is -0.489 e. The topological polar surface area (TPSA) is 108 Å². The number of piperidine rings is 1. The van der Waals surface area contributed by atoms with Crippen LogP contribution in [0.2, 0.25) is 10.0 Å².